The summed E-state index contributed by atoms with van der Waals surface area (Å²) in [5, 5.41) is 68.5. The van der Waals surface area contributed by atoms with E-state index in [1.807, 2.05) is 84.0 Å². The van der Waals surface area contributed by atoms with E-state index in [-0.39, 0.29) is 82.5 Å². The number of amides is 11. The number of fused-ring (bicyclic) bond motifs is 1. The summed E-state index contributed by atoms with van der Waals surface area (Å²) in [4.78, 5) is 182. The van der Waals surface area contributed by atoms with E-state index in [0.717, 1.165) is 16.3 Å². The number of pyridine rings is 1. The number of benzene rings is 4. The number of nitrogens with one attached hydrogen (secondary N) is 13. The number of guanidine groups is 2. The molecule has 10 atom stereocenters. The lowest BCUT2D eigenvalue weighted by atomic mass is 9.97. The SMILES string of the molecule is CCNC(=NCCCC[C@H](NC(=O)[C@H](CC(C)C)NC(=O)[C@@H](CCCCN=C(NCC)NCC)NC(=O)[C@H](Cc1ccc(O)cc1)NC(=O)[C@H](CO)NC(=O)[C@@H](Cc1cccnc1)NC(=O)[C@@H](Cc1ccc(Cl)cc1)NC(=O)[C@@H](Cc1cccc2ccccc12)NC(C)=O)C(=O)N1CCC[C@H]1C(=O)N[C@H](C)C(N)=O)NCC.NCC(=O)O. The molecule has 20 N–H and O–H groups in total. The molecule has 1 aliphatic rings. The van der Waals surface area contributed by atoms with E-state index in [0.29, 0.717) is 98.6 Å². The van der Waals surface area contributed by atoms with E-state index in [1.54, 1.807) is 36.4 Å². The number of halogens is 1. The Kier molecular flexibility index (Phi) is 42.2. The first-order valence-electron chi connectivity index (χ1n) is 39.8. The molecule has 1 aromatic heterocycles. The van der Waals surface area contributed by atoms with Crippen LogP contribution in [-0.4, -0.2) is 227 Å². The van der Waals surface area contributed by atoms with Gasteiger partial charge < -0.3 is 101 Å². The Balaban J connectivity index is 0.00000473. The predicted octanol–water partition coefficient (Wildman–Crippen LogP) is 1.30. The molecule has 0 saturated carbocycles. The Bertz CT molecular complexity index is 4100. The lowest BCUT2D eigenvalue weighted by molar-refractivity contribution is -0.142. The standard InChI is InChI=1S/C80H113ClN18O13.C2H5NO2/c1-9-84-79(85-10-2)88-39-17-15-27-60(70(104)94-62(42-49(5)6)71(105)93-61(28-16-18-40-89-80(86-11-3)87-12-4)78(112)99-41-21-29-68(99)77(111)90-50(7)69(82)103)92-72(106)63(44-53-32-36-58(102)37-33-53)97-76(110)67(48-100)98-74(108)65(45-54-22-20-38-83-47-54)96-73(107)64(43-52-30-34-57(81)35-31-52)95-75(109)66(91-51(8)101)46-56-25-19-24-55-23-13-14-26-59(55)56;3-1-2(4)5/h13-14,19-20,22-26,30-38,47,49-50,60-68,100,102H,9-12,15-18,21,27-29,39-46,48H2,1-8H3,(H2,82,103)(H,90,111)(H,91,101)(H,92,106)(H,93,105)(H,94,104)(H,95,109)(H,96,107)(H,97,110)(H,98,108)(H2,84,85,88)(H2,86,87,89);1,3H2,(H,4,5)/t50-,60-,61+,62+,63+,64-,65-,66-,67+,68+;/m1./s1. The Morgan fingerprint density at radius 1 is 0.538 bits per heavy atom. The number of carbonyl (C=O) groups excluding carboxylic acids is 11. The van der Waals surface area contributed by atoms with Crippen molar-refractivity contribution in [1.82, 2.24) is 79.0 Å². The molecule has 1 saturated heterocycles. The van der Waals surface area contributed by atoms with Gasteiger partial charge in [0, 0.05) is 95.8 Å². The fraction of sp³-hybridized carbons (Fsp3) is 0.500. The Morgan fingerprint density at radius 3 is 1.49 bits per heavy atom. The van der Waals surface area contributed by atoms with Crippen molar-refractivity contribution in [3.8, 4) is 5.75 Å². The lowest BCUT2D eigenvalue weighted by Crippen LogP contribution is -2.61. The van der Waals surface area contributed by atoms with Crippen molar-refractivity contribution < 1.29 is 72.9 Å². The van der Waals surface area contributed by atoms with Crippen LogP contribution in [0.1, 0.15) is 135 Å². The van der Waals surface area contributed by atoms with Crippen molar-refractivity contribution in [2.45, 2.75) is 199 Å². The first-order valence-corrected chi connectivity index (χ1v) is 40.1. The largest absolute Gasteiger partial charge is 0.508 e. The number of nitrogens with two attached hydrogens (primary N) is 2. The second-order valence-electron chi connectivity index (χ2n) is 28.6. The van der Waals surface area contributed by atoms with Crippen LogP contribution in [0.4, 0.5) is 0 Å². The number of likely N-dealkylation sites (tertiary alicyclic amines) is 1. The number of carboxylic acids is 1. The number of carbonyl (C=O) groups is 12. The second kappa shape index (κ2) is 51.4. The van der Waals surface area contributed by atoms with Gasteiger partial charge in [-0.2, -0.15) is 0 Å². The zero-order valence-electron chi connectivity index (χ0n) is 67.9. The third-order valence-electron chi connectivity index (χ3n) is 18.7. The summed E-state index contributed by atoms with van der Waals surface area (Å²) < 4.78 is 0. The van der Waals surface area contributed by atoms with Crippen LogP contribution in [0.3, 0.4) is 0 Å². The van der Waals surface area contributed by atoms with Crippen molar-refractivity contribution in [1.29, 1.82) is 0 Å². The van der Waals surface area contributed by atoms with Gasteiger partial charge in [0.15, 0.2) is 11.9 Å². The van der Waals surface area contributed by atoms with Crippen molar-refractivity contribution in [2.75, 3.05) is 59.0 Å². The maximum absolute atomic E-state index is 15.2. The van der Waals surface area contributed by atoms with Crippen LogP contribution in [0.2, 0.25) is 5.02 Å². The third-order valence-corrected chi connectivity index (χ3v) is 19.0. The number of unbranched alkanes of at least 4 members (excludes halogenated alkanes) is 2. The predicted molar refractivity (Wildman–Crippen MR) is 445 cm³/mol. The molecule has 0 bridgehead atoms. The molecule has 5 aromatic rings. The minimum Gasteiger partial charge on any atom is -0.508 e. The summed E-state index contributed by atoms with van der Waals surface area (Å²) in [7, 11) is 0. The molecule has 2 heterocycles. The average Bonchev–Trinajstić information content (AvgIpc) is 1.62. The molecule has 35 heteroatoms. The van der Waals surface area contributed by atoms with Gasteiger partial charge in [0.1, 0.15) is 66.2 Å². The van der Waals surface area contributed by atoms with Crippen LogP contribution >= 0.6 is 11.6 Å². The van der Waals surface area contributed by atoms with E-state index in [2.05, 4.69) is 89.8 Å². The molecule has 0 unspecified atom stereocenters. The molecule has 1 aliphatic heterocycles. The molecule has 4 aromatic carbocycles. The summed E-state index contributed by atoms with van der Waals surface area (Å²) in [6.07, 6.45) is 4.76. The highest BCUT2D eigenvalue weighted by atomic mass is 35.5. The molecular weight excluding hydrogens is 1530 g/mol. The Labute approximate surface area is 688 Å². The highest BCUT2D eigenvalue weighted by molar-refractivity contribution is 6.30. The van der Waals surface area contributed by atoms with E-state index < -0.39 is 138 Å². The number of phenolic OH excluding ortho intramolecular Hbond substituents is 1. The number of primary amides is 1. The normalized spacial score (nSPS) is 14.5. The number of aliphatic hydroxyl groups excluding tert-OH is 1. The average molecular weight is 1650 g/mol. The summed E-state index contributed by atoms with van der Waals surface area (Å²) in [6.45, 7) is 16.0. The number of phenols is 1. The second-order valence-corrected chi connectivity index (χ2v) is 29.0. The monoisotopic (exact) mass is 1640 g/mol. The van der Waals surface area contributed by atoms with Crippen LogP contribution in [0, 0.1) is 5.92 Å². The van der Waals surface area contributed by atoms with Crippen LogP contribution in [0.5, 0.6) is 5.75 Å². The smallest absolute Gasteiger partial charge is 0.317 e. The number of nitrogens with zero attached hydrogens (tertiary/aromatic N) is 4. The highest BCUT2D eigenvalue weighted by Crippen LogP contribution is 2.24. The van der Waals surface area contributed by atoms with Gasteiger partial charge >= 0.3 is 5.97 Å². The number of aromatic nitrogens is 1. The van der Waals surface area contributed by atoms with Crippen LogP contribution in [0.25, 0.3) is 10.8 Å². The fourth-order valence-electron chi connectivity index (χ4n) is 12.8. The van der Waals surface area contributed by atoms with Gasteiger partial charge in [0.25, 0.3) is 0 Å². The molecule has 0 radical (unpaired) electrons. The number of hydrogen-bond donors (Lipinski definition) is 18. The minimum absolute atomic E-state index is 0.0340. The van der Waals surface area contributed by atoms with E-state index in [9.17, 15) is 58.2 Å². The van der Waals surface area contributed by atoms with Gasteiger partial charge in [-0.05, 0) is 162 Å². The first kappa shape index (κ1) is 96.1. The number of carboxylic acid groups (broad SMARTS) is 1. The van der Waals surface area contributed by atoms with Gasteiger partial charge in [-0.25, -0.2) is 0 Å². The summed E-state index contributed by atoms with van der Waals surface area (Å²) >= 11 is 6.27. The summed E-state index contributed by atoms with van der Waals surface area (Å²) in [5.41, 5.74) is 12.2. The lowest BCUT2D eigenvalue weighted by Gasteiger charge is -2.31. The molecular formula is C82H118ClN19O15. The van der Waals surface area contributed by atoms with Crippen LogP contribution in [-0.2, 0) is 83.2 Å². The molecule has 11 amide bonds. The molecule has 638 valence electrons. The van der Waals surface area contributed by atoms with E-state index >= 15 is 9.59 Å². The molecule has 0 aliphatic carbocycles. The zero-order valence-corrected chi connectivity index (χ0v) is 68.7. The topological polar surface area (TPSA) is 515 Å². The zero-order chi connectivity index (χ0) is 85.9. The molecule has 117 heavy (non-hydrogen) atoms. The van der Waals surface area contributed by atoms with E-state index in [4.69, 9.17) is 22.4 Å². The molecule has 1 fully saturated rings. The number of aliphatic carboxylic acids is 1. The minimum atomic E-state index is -1.82. The maximum atomic E-state index is 15.2. The Hall–Kier alpha value is -11.5. The quantitative estimate of drug-likeness (QED) is 0.0148. The molecule has 6 rings (SSSR count). The van der Waals surface area contributed by atoms with Crippen LogP contribution < -0.4 is 80.6 Å². The first-order chi connectivity index (χ1) is 56.0. The van der Waals surface area contributed by atoms with Crippen molar-refractivity contribution in [3.63, 3.8) is 0 Å². The number of aliphatic hydroxyl groups is 1. The number of rotatable bonds is 45. The van der Waals surface area contributed by atoms with Crippen molar-refractivity contribution in [2.24, 2.45) is 27.4 Å². The van der Waals surface area contributed by atoms with E-state index in [1.165, 1.54) is 55.4 Å². The third kappa shape index (κ3) is 34.1. The summed E-state index contributed by atoms with van der Waals surface area (Å²) in [5.74, 6) is -8.69. The highest BCUT2D eigenvalue weighted by Gasteiger charge is 2.40. The number of aliphatic imine (C=N–C) groups is 2. The van der Waals surface area contributed by atoms with Crippen molar-refractivity contribution >= 4 is 105 Å². The van der Waals surface area contributed by atoms with Gasteiger partial charge in [-0.15, -0.1) is 0 Å². The van der Waals surface area contributed by atoms with Gasteiger partial charge in [0.2, 0.25) is 65.0 Å². The van der Waals surface area contributed by atoms with Crippen molar-refractivity contribution in [3.05, 3.63) is 143 Å². The fourth-order valence-corrected chi connectivity index (χ4v) is 12.9. The summed E-state index contributed by atoms with van der Waals surface area (Å²) in [6, 6.07) is 15.1. The molecule has 0 spiro atoms. The number of hydrogen-bond acceptors (Lipinski definition) is 18. The Morgan fingerprint density at radius 2 is 0.991 bits per heavy atom. The van der Waals surface area contributed by atoms with Crippen LogP contribution in [0.15, 0.2) is 126 Å². The van der Waals surface area contributed by atoms with Gasteiger partial charge in [0.05, 0.1) is 13.2 Å². The molecule has 34 nitrogen and oxygen atoms in total. The van der Waals surface area contributed by atoms with Gasteiger partial charge in [-0.1, -0.05) is 98.2 Å². The number of aromatic hydroxyl groups is 1. The maximum Gasteiger partial charge on any atom is 0.317 e. The van der Waals surface area contributed by atoms with Gasteiger partial charge in [-0.3, -0.25) is 72.5 Å².